The molecule has 1 heterocycles. The predicted molar refractivity (Wildman–Crippen MR) is 71.9 cm³/mol. The van der Waals surface area contributed by atoms with E-state index in [1.165, 1.54) is 0 Å². The van der Waals surface area contributed by atoms with Crippen molar-refractivity contribution >= 4 is 5.91 Å². The molecule has 3 N–H and O–H groups in total. The van der Waals surface area contributed by atoms with Crippen molar-refractivity contribution in [3.63, 3.8) is 0 Å². The maximum atomic E-state index is 11.7. The number of nitrogens with zero attached hydrogens (tertiary/aromatic N) is 2. The third kappa shape index (κ3) is 5.31. The molecule has 5 heteroatoms. The molecule has 1 aromatic heterocycles. The van der Waals surface area contributed by atoms with Gasteiger partial charge in [0.05, 0.1) is 12.2 Å². The Morgan fingerprint density at radius 3 is 2.94 bits per heavy atom. The molecule has 1 unspecified atom stereocenters. The molecule has 1 atom stereocenters. The van der Waals surface area contributed by atoms with Crippen molar-refractivity contribution in [2.75, 3.05) is 13.1 Å². The molecule has 1 aromatic rings. The number of carbonyl (C=O) groups excluding carboxylic acids is 1. The summed E-state index contributed by atoms with van der Waals surface area (Å²) in [5, 5.41) is 2.95. The fourth-order valence-corrected chi connectivity index (χ4v) is 1.90. The molecule has 102 valence electrons. The Morgan fingerprint density at radius 2 is 2.33 bits per heavy atom. The van der Waals surface area contributed by atoms with Gasteiger partial charge < -0.3 is 15.6 Å². The molecule has 0 fully saturated rings. The van der Waals surface area contributed by atoms with Crippen LogP contribution in [0.3, 0.4) is 0 Å². The Hall–Kier alpha value is -1.36. The molecule has 0 spiro atoms. The summed E-state index contributed by atoms with van der Waals surface area (Å²) in [7, 11) is 0. The quantitative estimate of drug-likeness (QED) is 0.648. The Balaban J connectivity index is 2.07. The van der Waals surface area contributed by atoms with E-state index in [4.69, 9.17) is 5.73 Å². The van der Waals surface area contributed by atoms with Gasteiger partial charge in [0.25, 0.3) is 0 Å². The topological polar surface area (TPSA) is 72.9 Å². The van der Waals surface area contributed by atoms with Gasteiger partial charge in [-0.3, -0.25) is 4.79 Å². The van der Waals surface area contributed by atoms with Gasteiger partial charge in [0.2, 0.25) is 5.91 Å². The first-order chi connectivity index (χ1) is 8.77. The number of amides is 1. The average molecular weight is 252 g/mol. The highest BCUT2D eigenvalue weighted by Crippen LogP contribution is 2.04. The lowest BCUT2D eigenvalue weighted by molar-refractivity contribution is -0.124. The Bertz CT molecular complexity index is 324. The molecule has 1 amide bonds. The zero-order chi connectivity index (χ0) is 13.2. The van der Waals surface area contributed by atoms with E-state index in [2.05, 4.69) is 17.2 Å². The van der Waals surface area contributed by atoms with Gasteiger partial charge in [-0.1, -0.05) is 13.3 Å². The van der Waals surface area contributed by atoms with Gasteiger partial charge in [0.15, 0.2) is 0 Å². The van der Waals surface area contributed by atoms with Crippen LogP contribution in [0.5, 0.6) is 0 Å². The summed E-state index contributed by atoms with van der Waals surface area (Å²) in [5.41, 5.74) is 5.58. The van der Waals surface area contributed by atoms with Crippen molar-refractivity contribution < 1.29 is 4.79 Å². The SMILES string of the molecule is CCCC(CN)C(=O)NCCCCn1ccnc1. The normalized spacial score (nSPS) is 12.3. The van der Waals surface area contributed by atoms with E-state index in [9.17, 15) is 4.79 Å². The first kappa shape index (κ1) is 14.7. The van der Waals surface area contributed by atoms with E-state index in [-0.39, 0.29) is 11.8 Å². The number of hydrogen-bond donors (Lipinski definition) is 2. The minimum absolute atomic E-state index is 0.0244. The van der Waals surface area contributed by atoms with E-state index < -0.39 is 0 Å². The predicted octanol–water partition coefficient (Wildman–Crippen LogP) is 1.15. The van der Waals surface area contributed by atoms with Crippen molar-refractivity contribution in [1.29, 1.82) is 0 Å². The lowest BCUT2D eigenvalue weighted by Gasteiger charge is -2.13. The van der Waals surface area contributed by atoms with Crippen molar-refractivity contribution in [2.24, 2.45) is 11.7 Å². The number of imidazole rings is 1. The van der Waals surface area contributed by atoms with Crippen LogP contribution in [-0.4, -0.2) is 28.5 Å². The van der Waals surface area contributed by atoms with Crippen molar-refractivity contribution in [1.82, 2.24) is 14.9 Å². The summed E-state index contributed by atoms with van der Waals surface area (Å²) >= 11 is 0. The average Bonchev–Trinajstić information content (AvgIpc) is 2.88. The Labute approximate surface area is 109 Å². The van der Waals surface area contributed by atoms with Crippen molar-refractivity contribution in [2.45, 2.75) is 39.2 Å². The number of rotatable bonds is 9. The number of nitrogens with two attached hydrogens (primary N) is 1. The van der Waals surface area contributed by atoms with E-state index in [0.717, 1.165) is 38.8 Å². The van der Waals surface area contributed by atoms with E-state index in [1.54, 1.807) is 6.20 Å². The number of aryl methyl sites for hydroxylation is 1. The number of carbonyl (C=O) groups is 1. The molecular formula is C13H24N4O. The van der Waals surface area contributed by atoms with E-state index in [0.29, 0.717) is 6.54 Å². The third-order valence-corrected chi connectivity index (χ3v) is 2.99. The Morgan fingerprint density at radius 1 is 1.50 bits per heavy atom. The molecule has 0 aliphatic heterocycles. The highest BCUT2D eigenvalue weighted by atomic mass is 16.1. The van der Waals surface area contributed by atoms with E-state index in [1.807, 2.05) is 17.1 Å². The van der Waals surface area contributed by atoms with Gasteiger partial charge in [0, 0.05) is 32.0 Å². The summed E-state index contributed by atoms with van der Waals surface area (Å²) in [5.74, 6) is 0.0747. The molecule has 0 bridgehead atoms. The maximum Gasteiger partial charge on any atom is 0.224 e. The second-order valence-corrected chi connectivity index (χ2v) is 4.52. The second-order valence-electron chi connectivity index (χ2n) is 4.52. The highest BCUT2D eigenvalue weighted by molar-refractivity contribution is 5.78. The first-order valence-corrected chi connectivity index (χ1v) is 6.71. The summed E-state index contributed by atoms with van der Waals surface area (Å²) in [6.07, 6.45) is 9.42. The van der Waals surface area contributed by atoms with Crippen LogP contribution in [0.25, 0.3) is 0 Å². The van der Waals surface area contributed by atoms with Crippen molar-refractivity contribution in [3.8, 4) is 0 Å². The smallest absolute Gasteiger partial charge is 0.224 e. The van der Waals surface area contributed by atoms with Crippen LogP contribution in [0.2, 0.25) is 0 Å². The molecule has 0 aliphatic carbocycles. The fourth-order valence-electron chi connectivity index (χ4n) is 1.90. The van der Waals surface area contributed by atoms with Crippen LogP contribution in [0.1, 0.15) is 32.6 Å². The van der Waals surface area contributed by atoms with Gasteiger partial charge >= 0.3 is 0 Å². The third-order valence-electron chi connectivity index (χ3n) is 2.99. The van der Waals surface area contributed by atoms with Crippen LogP contribution in [0.15, 0.2) is 18.7 Å². The lowest BCUT2D eigenvalue weighted by Crippen LogP contribution is -2.35. The van der Waals surface area contributed by atoms with E-state index >= 15 is 0 Å². The number of nitrogens with one attached hydrogen (secondary N) is 1. The van der Waals surface area contributed by atoms with Gasteiger partial charge in [0.1, 0.15) is 0 Å². The van der Waals surface area contributed by atoms with Crippen LogP contribution in [-0.2, 0) is 11.3 Å². The molecule has 0 aliphatic rings. The van der Waals surface area contributed by atoms with Crippen LogP contribution in [0, 0.1) is 5.92 Å². The number of aromatic nitrogens is 2. The standard InChI is InChI=1S/C13H24N4O/c1-2-5-12(10-14)13(18)16-6-3-4-8-17-9-7-15-11-17/h7,9,11-12H,2-6,8,10,14H2,1H3,(H,16,18). The largest absolute Gasteiger partial charge is 0.356 e. The maximum absolute atomic E-state index is 11.7. The minimum Gasteiger partial charge on any atom is -0.356 e. The lowest BCUT2D eigenvalue weighted by atomic mass is 10.0. The molecule has 0 radical (unpaired) electrons. The molecule has 18 heavy (non-hydrogen) atoms. The summed E-state index contributed by atoms with van der Waals surface area (Å²) in [4.78, 5) is 15.7. The van der Waals surface area contributed by atoms with Crippen LogP contribution >= 0.6 is 0 Å². The molecule has 0 saturated carbocycles. The van der Waals surface area contributed by atoms with Crippen molar-refractivity contribution in [3.05, 3.63) is 18.7 Å². The monoisotopic (exact) mass is 252 g/mol. The van der Waals surface area contributed by atoms with Gasteiger partial charge in [-0.25, -0.2) is 4.98 Å². The molecule has 1 rings (SSSR count). The zero-order valence-corrected chi connectivity index (χ0v) is 11.1. The fraction of sp³-hybridized carbons (Fsp3) is 0.692. The summed E-state index contributed by atoms with van der Waals surface area (Å²) in [6.45, 7) is 4.19. The summed E-state index contributed by atoms with van der Waals surface area (Å²) in [6, 6.07) is 0. The van der Waals surface area contributed by atoms with Gasteiger partial charge in [-0.2, -0.15) is 0 Å². The van der Waals surface area contributed by atoms with Gasteiger partial charge in [-0.15, -0.1) is 0 Å². The zero-order valence-electron chi connectivity index (χ0n) is 11.1. The molecular weight excluding hydrogens is 228 g/mol. The molecule has 0 aromatic carbocycles. The highest BCUT2D eigenvalue weighted by Gasteiger charge is 2.14. The van der Waals surface area contributed by atoms with Crippen LogP contribution in [0.4, 0.5) is 0 Å². The molecule has 5 nitrogen and oxygen atoms in total. The number of hydrogen-bond acceptors (Lipinski definition) is 3. The Kier molecular flexibility index (Phi) is 7.10. The van der Waals surface area contributed by atoms with Gasteiger partial charge in [-0.05, 0) is 19.3 Å². The second kappa shape index (κ2) is 8.69. The number of unbranched alkanes of at least 4 members (excludes halogenated alkanes) is 1. The first-order valence-electron chi connectivity index (χ1n) is 6.71. The minimum atomic E-state index is -0.0244. The van der Waals surface area contributed by atoms with Crippen LogP contribution < -0.4 is 11.1 Å². The molecule has 0 saturated heterocycles. The summed E-state index contributed by atoms with van der Waals surface area (Å²) < 4.78 is 2.04.